The van der Waals surface area contributed by atoms with Crippen molar-refractivity contribution in [3.8, 4) is 5.75 Å². The second-order valence-electron chi connectivity index (χ2n) is 6.75. The molecule has 24 heavy (non-hydrogen) atoms. The van der Waals surface area contributed by atoms with Crippen LogP contribution in [0.4, 0.5) is 0 Å². The van der Waals surface area contributed by atoms with E-state index in [4.69, 9.17) is 0 Å². The van der Waals surface area contributed by atoms with Crippen molar-refractivity contribution in [3.05, 3.63) is 18.2 Å². The van der Waals surface area contributed by atoms with Gasteiger partial charge in [0.15, 0.2) is 5.75 Å². The van der Waals surface area contributed by atoms with Gasteiger partial charge in [-0.25, -0.2) is 9.97 Å². The first-order chi connectivity index (χ1) is 11.6. The molecule has 0 atom stereocenters. The maximum absolute atomic E-state index is 12.3. The van der Waals surface area contributed by atoms with Crippen LogP contribution in [0.3, 0.4) is 0 Å². The van der Waals surface area contributed by atoms with E-state index < -0.39 is 0 Å². The molecule has 1 aliphatic carbocycles. The zero-order valence-corrected chi connectivity index (χ0v) is 13.8. The molecule has 2 N–H and O–H groups in total. The summed E-state index contributed by atoms with van der Waals surface area (Å²) in [7, 11) is 0. The zero-order valence-electron chi connectivity index (χ0n) is 13.8. The van der Waals surface area contributed by atoms with E-state index in [9.17, 15) is 14.7 Å². The summed E-state index contributed by atoms with van der Waals surface area (Å²) in [6, 6.07) is 0.366. The minimum atomic E-state index is -0.219. The SMILES string of the molecule is O=C(CC1CCN(C(=O)c2ncc(O)cn2)CC1)NC1CCCC1. The molecule has 1 aromatic heterocycles. The highest BCUT2D eigenvalue weighted by molar-refractivity contribution is 5.90. The van der Waals surface area contributed by atoms with E-state index >= 15 is 0 Å². The van der Waals surface area contributed by atoms with Crippen LogP contribution in [0.25, 0.3) is 0 Å². The summed E-state index contributed by atoms with van der Waals surface area (Å²) in [6.07, 6.45) is 9.27. The van der Waals surface area contributed by atoms with Gasteiger partial charge in [-0.05, 0) is 31.6 Å². The molecule has 1 saturated heterocycles. The lowest BCUT2D eigenvalue weighted by molar-refractivity contribution is -0.123. The highest BCUT2D eigenvalue weighted by atomic mass is 16.3. The van der Waals surface area contributed by atoms with Crippen LogP contribution >= 0.6 is 0 Å². The third-order valence-electron chi connectivity index (χ3n) is 4.93. The van der Waals surface area contributed by atoms with Crippen LogP contribution in [0.15, 0.2) is 12.4 Å². The van der Waals surface area contributed by atoms with Gasteiger partial charge in [0.05, 0.1) is 12.4 Å². The number of nitrogens with zero attached hydrogens (tertiary/aromatic N) is 3. The fraction of sp³-hybridized carbons (Fsp3) is 0.647. The molecule has 0 spiro atoms. The number of aromatic nitrogens is 2. The first-order valence-corrected chi connectivity index (χ1v) is 8.71. The number of hydrogen-bond donors (Lipinski definition) is 2. The predicted molar refractivity (Wildman–Crippen MR) is 87.3 cm³/mol. The van der Waals surface area contributed by atoms with Crippen molar-refractivity contribution in [2.24, 2.45) is 5.92 Å². The van der Waals surface area contributed by atoms with E-state index in [1.54, 1.807) is 4.90 Å². The highest BCUT2D eigenvalue weighted by Gasteiger charge is 2.27. The zero-order chi connectivity index (χ0) is 16.9. The molecule has 130 valence electrons. The Balaban J connectivity index is 1.44. The summed E-state index contributed by atoms with van der Waals surface area (Å²) in [5.41, 5.74) is 0. The Morgan fingerprint density at radius 2 is 1.75 bits per heavy atom. The lowest BCUT2D eigenvalue weighted by Gasteiger charge is -2.31. The predicted octanol–water partition coefficient (Wildman–Crippen LogP) is 1.48. The standard InChI is InChI=1S/C17H24N4O3/c22-14-10-18-16(19-11-14)17(24)21-7-5-12(6-8-21)9-15(23)20-13-3-1-2-4-13/h10-13,22H,1-9H2,(H,20,23). The van der Waals surface area contributed by atoms with Gasteiger partial charge in [0.2, 0.25) is 11.7 Å². The Morgan fingerprint density at radius 1 is 1.12 bits per heavy atom. The van der Waals surface area contributed by atoms with Gasteiger partial charge in [0.1, 0.15) is 0 Å². The van der Waals surface area contributed by atoms with Crippen molar-refractivity contribution >= 4 is 11.8 Å². The monoisotopic (exact) mass is 332 g/mol. The molecule has 2 heterocycles. The number of carbonyl (C=O) groups excluding carboxylic acids is 2. The Kier molecular flexibility index (Phi) is 5.27. The third kappa shape index (κ3) is 4.21. The van der Waals surface area contributed by atoms with Crippen LogP contribution in [-0.4, -0.2) is 50.9 Å². The second-order valence-corrected chi connectivity index (χ2v) is 6.75. The van der Waals surface area contributed by atoms with E-state index in [-0.39, 0.29) is 23.4 Å². The van der Waals surface area contributed by atoms with E-state index in [1.807, 2.05) is 0 Å². The maximum Gasteiger partial charge on any atom is 0.291 e. The average Bonchev–Trinajstić information content (AvgIpc) is 3.08. The summed E-state index contributed by atoms with van der Waals surface area (Å²) >= 11 is 0. The number of amides is 2. The fourth-order valence-corrected chi connectivity index (χ4v) is 3.53. The largest absolute Gasteiger partial charge is 0.505 e. The highest BCUT2D eigenvalue weighted by Crippen LogP contribution is 2.23. The van der Waals surface area contributed by atoms with Gasteiger partial charge < -0.3 is 15.3 Å². The van der Waals surface area contributed by atoms with Crippen molar-refractivity contribution in [1.82, 2.24) is 20.2 Å². The van der Waals surface area contributed by atoms with Crippen molar-refractivity contribution in [2.75, 3.05) is 13.1 Å². The number of likely N-dealkylation sites (tertiary alicyclic amines) is 1. The van der Waals surface area contributed by atoms with E-state index in [0.29, 0.717) is 31.5 Å². The number of aromatic hydroxyl groups is 1. The lowest BCUT2D eigenvalue weighted by Crippen LogP contribution is -2.41. The first-order valence-electron chi connectivity index (χ1n) is 8.71. The van der Waals surface area contributed by atoms with Crippen LogP contribution in [0, 0.1) is 5.92 Å². The molecule has 3 rings (SSSR count). The van der Waals surface area contributed by atoms with Crippen molar-refractivity contribution in [2.45, 2.75) is 51.0 Å². The first kappa shape index (κ1) is 16.7. The summed E-state index contributed by atoms with van der Waals surface area (Å²) in [6.45, 7) is 1.23. The van der Waals surface area contributed by atoms with E-state index in [2.05, 4.69) is 15.3 Å². The van der Waals surface area contributed by atoms with Gasteiger partial charge >= 0.3 is 0 Å². The minimum absolute atomic E-state index is 0.0569. The van der Waals surface area contributed by atoms with E-state index in [0.717, 1.165) is 25.7 Å². The molecule has 0 radical (unpaired) electrons. The Hall–Kier alpha value is -2.18. The molecule has 2 fully saturated rings. The van der Waals surface area contributed by atoms with Gasteiger partial charge in [-0.2, -0.15) is 0 Å². The van der Waals surface area contributed by atoms with Crippen molar-refractivity contribution in [1.29, 1.82) is 0 Å². The molecule has 2 amide bonds. The van der Waals surface area contributed by atoms with Crippen LogP contribution in [0.1, 0.15) is 55.6 Å². The second kappa shape index (κ2) is 7.59. The van der Waals surface area contributed by atoms with Crippen molar-refractivity contribution in [3.63, 3.8) is 0 Å². The van der Waals surface area contributed by atoms with Crippen LogP contribution in [0.5, 0.6) is 5.75 Å². The quantitative estimate of drug-likeness (QED) is 0.871. The number of piperidine rings is 1. The summed E-state index contributed by atoms with van der Waals surface area (Å²) in [5, 5.41) is 12.3. The topological polar surface area (TPSA) is 95.4 Å². The molecule has 0 unspecified atom stereocenters. The van der Waals surface area contributed by atoms with Crippen LogP contribution < -0.4 is 5.32 Å². The van der Waals surface area contributed by atoms with Gasteiger partial charge in [-0.3, -0.25) is 9.59 Å². The molecular weight excluding hydrogens is 308 g/mol. The lowest BCUT2D eigenvalue weighted by atomic mass is 9.93. The molecule has 0 aromatic carbocycles. The molecule has 7 nitrogen and oxygen atoms in total. The summed E-state index contributed by atoms with van der Waals surface area (Å²) < 4.78 is 0. The fourth-order valence-electron chi connectivity index (χ4n) is 3.53. The molecule has 7 heteroatoms. The van der Waals surface area contributed by atoms with Crippen molar-refractivity contribution < 1.29 is 14.7 Å². The number of nitrogens with one attached hydrogen (secondary N) is 1. The molecule has 0 bridgehead atoms. The third-order valence-corrected chi connectivity index (χ3v) is 4.93. The number of hydrogen-bond acceptors (Lipinski definition) is 5. The van der Waals surface area contributed by atoms with Gasteiger partial charge in [0, 0.05) is 25.6 Å². The molecular formula is C17H24N4O3. The average molecular weight is 332 g/mol. The van der Waals surface area contributed by atoms with E-state index in [1.165, 1.54) is 25.2 Å². The Bertz CT molecular complexity index is 576. The molecule has 1 saturated carbocycles. The molecule has 2 aliphatic rings. The van der Waals surface area contributed by atoms with Crippen LogP contribution in [0.2, 0.25) is 0 Å². The summed E-state index contributed by atoms with van der Waals surface area (Å²) in [4.78, 5) is 33.9. The Labute approximate surface area is 141 Å². The van der Waals surface area contributed by atoms with Gasteiger partial charge in [-0.15, -0.1) is 0 Å². The number of carbonyl (C=O) groups is 2. The molecule has 1 aromatic rings. The van der Waals surface area contributed by atoms with Gasteiger partial charge in [-0.1, -0.05) is 12.8 Å². The normalized spacial score (nSPS) is 19.4. The van der Waals surface area contributed by atoms with Gasteiger partial charge in [0.25, 0.3) is 5.91 Å². The molecule has 1 aliphatic heterocycles. The summed E-state index contributed by atoms with van der Waals surface area (Å²) in [5.74, 6) is 0.303. The van der Waals surface area contributed by atoms with Crippen LogP contribution in [-0.2, 0) is 4.79 Å². The minimum Gasteiger partial charge on any atom is -0.505 e. The Morgan fingerprint density at radius 3 is 2.38 bits per heavy atom. The smallest absolute Gasteiger partial charge is 0.291 e. The number of rotatable bonds is 4. The maximum atomic E-state index is 12.3.